The van der Waals surface area contributed by atoms with Crippen LogP contribution in [0.15, 0.2) is 24.3 Å². The zero-order valence-corrected chi connectivity index (χ0v) is 14.9. The van der Waals surface area contributed by atoms with Gasteiger partial charge in [-0.15, -0.1) is 11.3 Å². The van der Waals surface area contributed by atoms with E-state index >= 15 is 0 Å². The minimum atomic E-state index is 0.00796. The molecule has 0 bridgehead atoms. The number of thiazole rings is 1. The summed E-state index contributed by atoms with van der Waals surface area (Å²) in [5.74, 6) is 0.591. The van der Waals surface area contributed by atoms with Gasteiger partial charge in [0.05, 0.1) is 28.3 Å². The molecule has 1 aromatic heterocycles. The summed E-state index contributed by atoms with van der Waals surface area (Å²) in [5.41, 5.74) is 1.07. The summed E-state index contributed by atoms with van der Waals surface area (Å²) in [5, 5.41) is 3.98. The van der Waals surface area contributed by atoms with Crippen molar-refractivity contribution in [1.29, 1.82) is 0 Å². The van der Waals surface area contributed by atoms with Gasteiger partial charge in [0.1, 0.15) is 0 Å². The van der Waals surface area contributed by atoms with Gasteiger partial charge >= 0.3 is 0 Å². The third-order valence-electron chi connectivity index (χ3n) is 4.98. The van der Waals surface area contributed by atoms with Crippen molar-refractivity contribution >= 4 is 33.4 Å². The van der Waals surface area contributed by atoms with Crippen molar-refractivity contribution in [2.75, 3.05) is 39.3 Å². The molecular formula is C18H22N4O2S. The number of rotatable bonds is 3. The molecule has 0 unspecified atom stereocenters. The van der Waals surface area contributed by atoms with Crippen molar-refractivity contribution in [3.8, 4) is 0 Å². The normalized spacial score (nSPS) is 20.0. The largest absolute Gasteiger partial charge is 0.354 e. The van der Waals surface area contributed by atoms with Gasteiger partial charge < -0.3 is 10.2 Å². The molecule has 3 heterocycles. The van der Waals surface area contributed by atoms with E-state index in [1.54, 1.807) is 11.3 Å². The number of aromatic nitrogens is 1. The van der Waals surface area contributed by atoms with Crippen molar-refractivity contribution in [3.63, 3.8) is 0 Å². The van der Waals surface area contributed by atoms with Crippen LogP contribution in [-0.2, 0) is 9.59 Å². The van der Waals surface area contributed by atoms with Crippen LogP contribution in [0, 0.1) is 0 Å². The number of nitrogens with zero attached hydrogens (tertiary/aromatic N) is 3. The van der Waals surface area contributed by atoms with Gasteiger partial charge in [0, 0.05) is 32.1 Å². The number of carbonyl (C=O) groups excluding carboxylic acids is 2. The minimum Gasteiger partial charge on any atom is -0.354 e. The zero-order valence-electron chi connectivity index (χ0n) is 14.1. The number of benzene rings is 1. The van der Waals surface area contributed by atoms with E-state index in [9.17, 15) is 9.59 Å². The van der Waals surface area contributed by atoms with Crippen LogP contribution in [0.5, 0.6) is 0 Å². The number of nitrogens with one attached hydrogen (secondary N) is 1. The Kier molecular flexibility index (Phi) is 4.67. The lowest BCUT2D eigenvalue weighted by atomic mass is 9.97. The molecule has 2 aliphatic rings. The number of likely N-dealkylation sites (tertiary alicyclic amines) is 1. The highest BCUT2D eigenvalue weighted by Gasteiger charge is 2.27. The van der Waals surface area contributed by atoms with Gasteiger partial charge in [-0.1, -0.05) is 12.1 Å². The van der Waals surface area contributed by atoms with Gasteiger partial charge in [0.15, 0.2) is 0 Å². The van der Waals surface area contributed by atoms with Crippen LogP contribution in [0.25, 0.3) is 10.2 Å². The average Bonchev–Trinajstić information content (AvgIpc) is 3.06. The summed E-state index contributed by atoms with van der Waals surface area (Å²) < 4.78 is 1.24. The van der Waals surface area contributed by atoms with E-state index in [2.05, 4.69) is 17.4 Å². The number of piperidine rings is 1. The van der Waals surface area contributed by atoms with E-state index < -0.39 is 0 Å². The van der Waals surface area contributed by atoms with Gasteiger partial charge in [-0.25, -0.2) is 4.98 Å². The molecule has 2 fully saturated rings. The predicted molar refractivity (Wildman–Crippen MR) is 97.6 cm³/mol. The van der Waals surface area contributed by atoms with Crippen molar-refractivity contribution in [3.05, 3.63) is 29.3 Å². The summed E-state index contributed by atoms with van der Waals surface area (Å²) in [6.07, 6.45) is 1.93. The Bertz CT molecular complexity index is 749. The van der Waals surface area contributed by atoms with E-state index in [-0.39, 0.29) is 11.8 Å². The molecule has 0 atom stereocenters. The molecule has 0 saturated carbocycles. The molecule has 2 amide bonds. The predicted octanol–water partition coefficient (Wildman–Crippen LogP) is 1.43. The molecule has 132 valence electrons. The highest BCUT2D eigenvalue weighted by Crippen LogP contribution is 2.33. The third kappa shape index (κ3) is 3.67. The van der Waals surface area contributed by atoms with Crippen LogP contribution in [0.1, 0.15) is 23.8 Å². The molecule has 2 aromatic rings. The fourth-order valence-electron chi connectivity index (χ4n) is 3.56. The SMILES string of the molecule is O=C1CN(CC(=O)N2CCC(c3nc4ccccc4s3)CC2)CCN1. The molecular weight excluding hydrogens is 336 g/mol. The van der Waals surface area contributed by atoms with Crippen LogP contribution in [0.2, 0.25) is 0 Å². The first kappa shape index (κ1) is 16.5. The van der Waals surface area contributed by atoms with Gasteiger partial charge in [0.2, 0.25) is 11.8 Å². The highest BCUT2D eigenvalue weighted by atomic mass is 32.1. The number of hydrogen-bond donors (Lipinski definition) is 1. The monoisotopic (exact) mass is 358 g/mol. The number of fused-ring (bicyclic) bond motifs is 1. The second-order valence-electron chi connectivity index (χ2n) is 6.74. The summed E-state index contributed by atoms with van der Waals surface area (Å²) in [4.78, 5) is 32.6. The van der Waals surface area contributed by atoms with Gasteiger partial charge in [-0.2, -0.15) is 0 Å². The molecule has 1 N–H and O–H groups in total. The van der Waals surface area contributed by atoms with E-state index in [1.807, 2.05) is 21.9 Å². The van der Waals surface area contributed by atoms with Gasteiger partial charge in [0.25, 0.3) is 0 Å². The number of para-hydroxylation sites is 1. The molecule has 1 aromatic carbocycles. The van der Waals surface area contributed by atoms with Crippen LogP contribution in [0.4, 0.5) is 0 Å². The van der Waals surface area contributed by atoms with E-state index in [0.29, 0.717) is 25.6 Å². The summed E-state index contributed by atoms with van der Waals surface area (Å²) in [6.45, 7) is 3.61. The van der Waals surface area contributed by atoms with Crippen molar-refractivity contribution in [2.24, 2.45) is 0 Å². The molecule has 25 heavy (non-hydrogen) atoms. The number of carbonyl (C=O) groups is 2. The summed E-state index contributed by atoms with van der Waals surface area (Å²) in [6, 6.07) is 8.24. The maximum absolute atomic E-state index is 12.5. The van der Waals surface area contributed by atoms with E-state index in [1.165, 1.54) is 9.71 Å². The molecule has 0 radical (unpaired) electrons. The Labute approximate surface area is 150 Å². The minimum absolute atomic E-state index is 0.00796. The number of amides is 2. The Morgan fingerprint density at radius 1 is 1.24 bits per heavy atom. The van der Waals surface area contributed by atoms with Crippen LogP contribution >= 0.6 is 11.3 Å². The lowest BCUT2D eigenvalue weighted by Gasteiger charge is -2.33. The second-order valence-corrected chi connectivity index (χ2v) is 7.80. The zero-order chi connectivity index (χ0) is 17.2. The Morgan fingerprint density at radius 2 is 2.04 bits per heavy atom. The average molecular weight is 358 g/mol. The molecule has 0 spiro atoms. The van der Waals surface area contributed by atoms with E-state index in [0.717, 1.165) is 38.0 Å². The molecule has 2 aliphatic heterocycles. The maximum atomic E-state index is 12.5. The maximum Gasteiger partial charge on any atom is 0.236 e. The van der Waals surface area contributed by atoms with Crippen molar-refractivity contribution in [2.45, 2.75) is 18.8 Å². The Balaban J connectivity index is 1.33. The first-order valence-corrected chi connectivity index (χ1v) is 9.63. The van der Waals surface area contributed by atoms with Crippen molar-refractivity contribution < 1.29 is 9.59 Å². The van der Waals surface area contributed by atoms with Crippen LogP contribution in [-0.4, -0.2) is 65.9 Å². The smallest absolute Gasteiger partial charge is 0.236 e. The topological polar surface area (TPSA) is 65.5 Å². The van der Waals surface area contributed by atoms with E-state index in [4.69, 9.17) is 4.98 Å². The standard InChI is InChI=1S/C18H22N4O2S/c23-16-11-21(10-7-19-16)12-17(24)22-8-5-13(6-9-22)18-20-14-3-1-2-4-15(14)25-18/h1-4,13H,5-12H2,(H,19,23). The third-order valence-corrected chi connectivity index (χ3v) is 6.18. The molecule has 4 rings (SSSR count). The first-order valence-electron chi connectivity index (χ1n) is 8.81. The molecule has 2 saturated heterocycles. The molecule has 6 nitrogen and oxygen atoms in total. The Morgan fingerprint density at radius 3 is 2.80 bits per heavy atom. The summed E-state index contributed by atoms with van der Waals surface area (Å²) in [7, 11) is 0. The number of piperazine rings is 1. The lowest BCUT2D eigenvalue weighted by molar-refractivity contribution is -0.134. The fraction of sp³-hybridized carbons (Fsp3) is 0.500. The number of hydrogen-bond acceptors (Lipinski definition) is 5. The summed E-state index contributed by atoms with van der Waals surface area (Å²) >= 11 is 1.77. The van der Waals surface area contributed by atoms with Gasteiger partial charge in [-0.05, 0) is 25.0 Å². The molecule has 7 heteroatoms. The second kappa shape index (κ2) is 7.09. The fourth-order valence-corrected chi connectivity index (χ4v) is 4.69. The quantitative estimate of drug-likeness (QED) is 0.902. The molecule has 0 aliphatic carbocycles. The van der Waals surface area contributed by atoms with Crippen LogP contribution in [0.3, 0.4) is 0 Å². The lowest BCUT2D eigenvalue weighted by Crippen LogP contribution is -2.51. The first-order chi connectivity index (χ1) is 12.2. The van der Waals surface area contributed by atoms with Crippen molar-refractivity contribution in [1.82, 2.24) is 20.1 Å². The van der Waals surface area contributed by atoms with Gasteiger partial charge in [-0.3, -0.25) is 14.5 Å². The van der Waals surface area contributed by atoms with Crippen LogP contribution < -0.4 is 5.32 Å². The highest BCUT2D eigenvalue weighted by molar-refractivity contribution is 7.18. The Hall–Kier alpha value is -1.99.